The van der Waals surface area contributed by atoms with Crippen molar-refractivity contribution < 1.29 is 0 Å². The van der Waals surface area contributed by atoms with E-state index in [9.17, 15) is 0 Å². The van der Waals surface area contributed by atoms with Crippen LogP contribution in [-0.2, 0) is 0 Å². The van der Waals surface area contributed by atoms with Crippen LogP contribution in [0.2, 0.25) is 0 Å². The summed E-state index contributed by atoms with van der Waals surface area (Å²) in [6, 6.07) is 14.4. The Bertz CT molecular complexity index is 796. The highest BCUT2D eigenvalue weighted by Crippen LogP contribution is 2.24. The molecule has 2 aliphatic heterocycles. The molecular formula is C22H28N6. The quantitative estimate of drug-likeness (QED) is 0.884. The molecule has 1 aromatic carbocycles. The first-order chi connectivity index (χ1) is 13.7. The molecular weight excluding hydrogens is 348 g/mol. The van der Waals surface area contributed by atoms with E-state index in [1.54, 1.807) is 0 Å². The van der Waals surface area contributed by atoms with Crippen LogP contribution >= 0.6 is 0 Å². The predicted octanol–water partition coefficient (Wildman–Crippen LogP) is 2.53. The number of benzene rings is 1. The molecule has 1 N–H and O–H groups in total. The van der Waals surface area contributed by atoms with Crippen LogP contribution in [-0.4, -0.2) is 60.4 Å². The minimum atomic E-state index is 0.657. The van der Waals surface area contributed by atoms with E-state index < -0.39 is 0 Å². The molecule has 4 rings (SSSR count). The van der Waals surface area contributed by atoms with Crippen molar-refractivity contribution in [1.29, 1.82) is 5.26 Å². The highest BCUT2D eigenvalue weighted by molar-refractivity contribution is 5.60. The summed E-state index contributed by atoms with van der Waals surface area (Å²) in [6.07, 6.45) is 2.59. The molecule has 6 heteroatoms. The van der Waals surface area contributed by atoms with Gasteiger partial charge in [-0.1, -0.05) is 12.1 Å². The Morgan fingerprint density at radius 1 is 1.00 bits per heavy atom. The number of nitrogens with zero attached hydrogens (tertiary/aromatic N) is 5. The van der Waals surface area contributed by atoms with Gasteiger partial charge in [0.25, 0.3) is 0 Å². The van der Waals surface area contributed by atoms with Gasteiger partial charge in [0.15, 0.2) is 5.82 Å². The maximum Gasteiger partial charge on any atom is 0.151 e. The molecule has 0 radical (unpaired) electrons. The first-order valence-electron chi connectivity index (χ1n) is 10.3. The van der Waals surface area contributed by atoms with Crippen molar-refractivity contribution in [2.45, 2.75) is 25.8 Å². The Morgan fingerprint density at radius 3 is 2.32 bits per heavy atom. The van der Waals surface area contributed by atoms with E-state index in [4.69, 9.17) is 5.26 Å². The van der Waals surface area contributed by atoms with Gasteiger partial charge >= 0.3 is 0 Å². The molecule has 0 saturated carbocycles. The topological polar surface area (TPSA) is 68.1 Å². The lowest BCUT2D eigenvalue weighted by Crippen LogP contribution is -2.52. The molecule has 1 aromatic heterocycles. The van der Waals surface area contributed by atoms with Gasteiger partial charge in [0.05, 0.1) is 17.3 Å². The summed E-state index contributed by atoms with van der Waals surface area (Å²) in [7, 11) is 0. The van der Waals surface area contributed by atoms with Crippen molar-refractivity contribution in [3.8, 4) is 17.3 Å². The Morgan fingerprint density at radius 2 is 1.71 bits per heavy atom. The van der Waals surface area contributed by atoms with Crippen molar-refractivity contribution in [3.05, 3.63) is 42.0 Å². The zero-order valence-electron chi connectivity index (χ0n) is 16.5. The third kappa shape index (κ3) is 4.16. The number of anilines is 1. The average molecular weight is 377 g/mol. The van der Waals surface area contributed by atoms with Crippen LogP contribution in [0.3, 0.4) is 0 Å². The normalized spacial score (nSPS) is 19.9. The van der Waals surface area contributed by atoms with Gasteiger partial charge in [-0.25, -0.2) is 0 Å². The molecule has 1 unspecified atom stereocenters. The maximum absolute atomic E-state index is 8.92. The van der Waals surface area contributed by atoms with Crippen LogP contribution in [0.25, 0.3) is 11.3 Å². The summed E-state index contributed by atoms with van der Waals surface area (Å²) in [5.41, 5.74) is 2.48. The molecule has 146 valence electrons. The van der Waals surface area contributed by atoms with E-state index in [-0.39, 0.29) is 0 Å². The van der Waals surface area contributed by atoms with E-state index >= 15 is 0 Å². The third-order valence-electron chi connectivity index (χ3n) is 6.24. The molecule has 28 heavy (non-hydrogen) atoms. The standard InChI is InChI=1S/C22H28N6/c1-17(19-8-10-24-11-9-19)27-12-14-28(15-13-27)22-7-6-21(25-26-22)20-4-2-18(16-23)3-5-20/h2-7,17,19,24H,8-15H2,1H3. The Labute approximate surface area is 167 Å². The molecule has 0 spiro atoms. The van der Waals surface area contributed by atoms with Crippen molar-refractivity contribution in [2.75, 3.05) is 44.2 Å². The zero-order chi connectivity index (χ0) is 19.3. The molecule has 2 saturated heterocycles. The lowest BCUT2D eigenvalue weighted by molar-refractivity contribution is 0.126. The van der Waals surface area contributed by atoms with Gasteiger partial charge in [0, 0.05) is 37.8 Å². The van der Waals surface area contributed by atoms with E-state index in [1.165, 1.54) is 12.8 Å². The lowest BCUT2D eigenvalue weighted by Gasteiger charge is -2.42. The molecule has 2 fully saturated rings. The fourth-order valence-corrected chi connectivity index (χ4v) is 4.35. The number of piperazine rings is 1. The third-order valence-corrected chi connectivity index (χ3v) is 6.24. The predicted molar refractivity (Wildman–Crippen MR) is 111 cm³/mol. The Kier molecular flexibility index (Phi) is 5.84. The number of nitriles is 1. The highest BCUT2D eigenvalue weighted by atomic mass is 15.3. The second-order valence-corrected chi connectivity index (χ2v) is 7.82. The van der Waals surface area contributed by atoms with Gasteiger partial charge in [-0.2, -0.15) is 5.26 Å². The monoisotopic (exact) mass is 376 g/mol. The number of aromatic nitrogens is 2. The first-order valence-corrected chi connectivity index (χ1v) is 10.3. The van der Waals surface area contributed by atoms with Gasteiger partial charge in [-0.15, -0.1) is 10.2 Å². The molecule has 2 aliphatic rings. The summed E-state index contributed by atoms with van der Waals surface area (Å²) >= 11 is 0. The van der Waals surface area contributed by atoms with Gasteiger partial charge in [-0.05, 0) is 63.0 Å². The van der Waals surface area contributed by atoms with Crippen molar-refractivity contribution in [1.82, 2.24) is 20.4 Å². The van der Waals surface area contributed by atoms with E-state index in [0.29, 0.717) is 11.6 Å². The molecule has 2 aromatic rings. The lowest BCUT2D eigenvalue weighted by atomic mass is 9.90. The average Bonchev–Trinajstić information content (AvgIpc) is 2.79. The number of piperidine rings is 1. The minimum absolute atomic E-state index is 0.657. The van der Waals surface area contributed by atoms with E-state index in [1.807, 2.05) is 30.3 Å². The van der Waals surface area contributed by atoms with Crippen molar-refractivity contribution in [3.63, 3.8) is 0 Å². The number of hydrogen-bond donors (Lipinski definition) is 1. The van der Waals surface area contributed by atoms with Crippen LogP contribution in [0.15, 0.2) is 36.4 Å². The summed E-state index contributed by atoms with van der Waals surface area (Å²) in [5, 5.41) is 21.3. The van der Waals surface area contributed by atoms with Gasteiger partial charge in [-0.3, -0.25) is 4.90 Å². The van der Waals surface area contributed by atoms with E-state index in [2.05, 4.69) is 44.4 Å². The molecule has 3 heterocycles. The number of rotatable bonds is 4. The highest BCUT2D eigenvalue weighted by Gasteiger charge is 2.28. The van der Waals surface area contributed by atoms with Crippen LogP contribution in [0.5, 0.6) is 0 Å². The number of nitrogens with one attached hydrogen (secondary N) is 1. The molecule has 6 nitrogen and oxygen atoms in total. The van der Waals surface area contributed by atoms with E-state index in [0.717, 1.165) is 62.3 Å². The summed E-state index contributed by atoms with van der Waals surface area (Å²) < 4.78 is 0. The summed E-state index contributed by atoms with van der Waals surface area (Å²) in [5.74, 6) is 1.77. The second kappa shape index (κ2) is 8.68. The van der Waals surface area contributed by atoms with Crippen LogP contribution < -0.4 is 10.2 Å². The van der Waals surface area contributed by atoms with Crippen LogP contribution in [0.1, 0.15) is 25.3 Å². The van der Waals surface area contributed by atoms with Gasteiger partial charge in [0.1, 0.15) is 0 Å². The molecule has 0 amide bonds. The van der Waals surface area contributed by atoms with Crippen molar-refractivity contribution in [2.24, 2.45) is 5.92 Å². The SMILES string of the molecule is CC(C1CCNCC1)N1CCN(c2ccc(-c3ccc(C#N)cc3)nn2)CC1. The van der Waals surface area contributed by atoms with Gasteiger partial charge in [0.2, 0.25) is 0 Å². The zero-order valence-corrected chi connectivity index (χ0v) is 16.5. The summed E-state index contributed by atoms with van der Waals surface area (Å²) in [4.78, 5) is 4.98. The fraction of sp³-hybridized carbons (Fsp3) is 0.500. The molecule has 1 atom stereocenters. The minimum Gasteiger partial charge on any atom is -0.353 e. The van der Waals surface area contributed by atoms with Crippen LogP contribution in [0, 0.1) is 17.2 Å². The fourth-order valence-electron chi connectivity index (χ4n) is 4.35. The van der Waals surface area contributed by atoms with Gasteiger partial charge < -0.3 is 10.2 Å². The Hall–Kier alpha value is -2.49. The first kappa shape index (κ1) is 18.9. The maximum atomic E-state index is 8.92. The smallest absolute Gasteiger partial charge is 0.151 e. The Balaban J connectivity index is 1.35. The van der Waals surface area contributed by atoms with Crippen LogP contribution in [0.4, 0.5) is 5.82 Å². The number of hydrogen-bond acceptors (Lipinski definition) is 6. The second-order valence-electron chi connectivity index (χ2n) is 7.82. The largest absolute Gasteiger partial charge is 0.353 e. The summed E-state index contributed by atoms with van der Waals surface area (Å²) in [6.45, 7) is 8.90. The van der Waals surface area contributed by atoms with Crippen molar-refractivity contribution >= 4 is 5.82 Å². The molecule has 0 aliphatic carbocycles. The molecule has 0 bridgehead atoms.